The van der Waals surface area contributed by atoms with Gasteiger partial charge in [0.15, 0.2) is 0 Å². The average Bonchev–Trinajstić information content (AvgIpc) is 2.14. The molecular weight excluding hydrogens is 213 g/mol. The molecule has 0 spiro atoms. The van der Waals surface area contributed by atoms with Gasteiger partial charge in [0.25, 0.3) is 0 Å². The summed E-state index contributed by atoms with van der Waals surface area (Å²) in [7, 11) is 0. The molecule has 1 heterocycles. The minimum atomic E-state index is -4.91. The van der Waals surface area contributed by atoms with Crippen LogP contribution in [0.2, 0.25) is 0 Å². The van der Waals surface area contributed by atoms with Gasteiger partial charge in [-0.15, -0.1) is 0 Å². The van der Waals surface area contributed by atoms with E-state index in [4.69, 9.17) is 0 Å². The summed E-state index contributed by atoms with van der Waals surface area (Å²) >= 11 is 0. The molecule has 7 heteroatoms. The normalized spacial score (nSPS) is 22.5. The van der Waals surface area contributed by atoms with Crippen LogP contribution in [0.4, 0.5) is 13.2 Å². The summed E-state index contributed by atoms with van der Waals surface area (Å²) in [4.78, 5) is 22.7. The second-order valence-corrected chi connectivity index (χ2v) is 3.21. The Morgan fingerprint density at radius 2 is 2.20 bits per heavy atom. The number of carbonyl (C=O) groups excluding carboxylic acids is 2. The highest BCUT2D eigenvalue weighted by Gasteiger charge is 2.46. The number of hydrogen-bond donors (Lipinski definition) is 1. The van der Waals surface area contributed by atoms with Crippen molar-refractivity contribution in [3.05, 3.63) is 0 Å². The highest BCUT2D eigenvalue weighted by atomic mass is 19.4. The first-order valence-corrected chi connectivity index (χ1v) is 4.53. The van der Waals surface area contributed by atoms with Crippen molar-refractivity contribution in [3.8, 4) is 0 Å². The number of nitrogens with one attached hydrogen (secondary N) is 1. The Morgan fingerprint density at radius 1 is 1.60 bits per heavy atom. The Balaban J connectivity index is 2.83. The average molecular weight is 224 g/mol. The van der Waals surface area contributed by atoms with Crippen molar-refractivity contribution in [1.29, 1.82) is 0 Å². The molecule has 1 fully saturated rings. The Hall–Kier alpha value is -1.27. The number of halogens is 3. The fraction of sp³-hybridized carbons (Fsp3) is 0.750. The van der Waals surface area contributed by atoms with E-state index in [1.54, 1.807) is 6.92 Å². The van der Waals surface area contributed by atoms with Crippen LogP contribution in [0, 0.1) is 0 Å². The van der Waals surface area contributed by atoms with Crippen molar-refractivity contribution in [2.45, 2.75) is 25.6 Å². The van der Waals surface area contributed by atoms with E-state index in [0.29, 0.717) is 4.90 Å². The van der Waals surface area contributed by atoms with Crippen LogP contribution >= 0.6 is 0 Å². The van der Waals surface area contributed by atoms with Gasteiger partial charge in [0.1, 0.15) is 6.04 Å². The van der Waals surface area contributed by atoms with E-state index in [2.05, 4.69) is 5.32 Å². The van der Waals surface area contributed by atoms with Crippen LogP contribution in [0.15, 0.2) is 0 Å². The molecule has 1 atom stereocenters. The van der Waals surface area contributed by atoms with Gasteiger partial charge in [0, 0.05) is 13.1 Å². The van der Waals surface area contributed by atoms with Gasteiger partial charge < -0.3 is 10.2 Å². The van der Waals surface area contributed by atoms with Crippen LogP contribution in [-0.2, 0) is 9.59 Å². The van der Waals surface area contributed by atoms with Crippen LogP contribution in [0.5, 0.6) is 0 Å². The quantitative estimate of drug-likeness (QED) is 0.695. The minimum absolute atomic E-state index is 0.0666. The van der Waals surface area contributed by atoms with E-state index in [1.165, 1.54) is 0 Å². The van der Waals surface area contributed by atoms with Gasteiger partial charge in [-0.05, 0) is 6.42 Å². The molecule has 0 aliphatic carbocycles. The largest absolute Gasteiger partial charge is 0.471 e. The van der Waals surface area contributed by atoms with E-state index in [-0.39, 0.29) is 19.5 Å². The van der Waals surface area contributed by atoms with E-state index in [1.807, 2.05) is 0 Å². The molecule has 2 amide bonds. The number of amides is 2. The second-order valence-electron chi connectivity index (χ2n) is 3.21. The highest BCUT2D eigenvalue weighted by Crippen LogP contribution is 2.21. The number of alkyl halides is 3. The van der Waals surface area contributed by atoms with Gasteiger partial charge in [-0.1, -0.05) is 6.92 Å². The third-order valence-corrected chi connectivity index (χ3v) is 2.22. The summed E-state index contributed by atoms with van der Waals surface area (Å²) in [5.41, 5.74) is 0. The molecule has 0 saturated carbocycles. The van der Waals surface area contributed by atoms with Gasteiger partial charge in [-0.2, -0.15) is 13.2 Å². The second kappa shape index (κ2) is 4.08. The van der Waals surface area contributed by atoms with Crippen LogP contribution in [0.25, 0.3) is 0 Å². The third kappa shape index (κ3) is 2.40. The van der Waals surface area contributed by atoms with Gasteiger partial charge >= 0.3 is 12.1 Å². The fourth-order valence-electron chi connectivity index (χ4n) is 1.53. The molecule has 15 heavy (non-hydrogen) atoms. The van der Waals surface area contributed by atoms with E-state index >= 15 is 0 Å². The third-order valence-electron chi connectivity index (χ3n) is 2.22. The Labute approximate surface area is 84.4 Å². The molecule has 0 aromatic carbocycles. The summed E-state index contributed by atoms with van der Waals surface area (Å²) in [6.07, 6.45) is -4.74. The fourth-order valence-corrected chi connectivity index (χ4v) is 1.53. The Bertz CT molecular complexity index is 278. The molecule has 0 aromatic rings. The zero-order valence-corrected chi connectivity index (χ0v) is 8.10. The Morgan fingerprint density at radius 3 is 2.67 bits per heavy atom. The maximum absolute atomic E-state index is 12.1. The summed E-state index contributed by atoms with van der Waals surface area (Å²) in [6, 6.07) is -1.01. The summed E-state index contributed by atoms with van der Waals surface area (Å²) in [5, 5.41) is 2.42. The number of piperazine rings is 1. The van der Waals surface area contributed by atoms with Crippen molar-refractivity contribution in [2.24, 2.45) is 0 Å². The van der Waals surface area contributed by atoms with Crippen LogP contribution in [0.3, 0.4) is 0 Å². The van der Waals surface area contributed by atoms with Crippen molar-refractivity contribution in [3.63, 3.8) is 0 Å². The lowest BCUT2D eigenvalue weighted by atomic mass is 10.1. The lowest BCUT2D eigenvalue weighted by Crippen LogP contribution is -2.59. The zero-order chi connectivity index (χ0) is 11.6. The van der Waals surface area contributed by atoms with Crippen molar-refractivity contribution in [2.75, 3.05) is 13.1 Å². The number of nitrogens with zero attached hydrogens (tertiary/aromatic N) is 1. The van der Waals surface area contributed by atoms with Crippen molar-refractivity contribution in [1.82, 2.24) is 10.2 Å². The van der Waals surface area contributed by atoms with Crippen molar-refractivity contribution < 1.29 is 22.8 Å². The van der Waals surface area contributed by atoms with Gasteiger partial charge in [-0.25, -0.2) is 0 Å². The van der Waals surface area contributed by atoms with Crippen LogP contribution in [-0.4, -0.2) is 42.0 Å². The molecule has 1 N–H and O–H groups in total. The summed E-state index contributed by atoms with van der Waals surface area (Å²) < 4.78 is 36.4. The number of carbonyl (C=O) groups is 2. The minimum Gasteiger partial charge on any atom is -0.353 e. The van der Waals surface area contributed by atoms with Crippen LogP contribution in [0.1, 0.15) is 13.3 Å². The molecule has 1 aliphatic rings. The molecule has 1 unspecified atom stereocenters. The molecule has 1 saturated heterocycles. The summed E-state index contributed by atoms with van der Waals surface area (Å²) in [5.74, 6) is -2.47. The van der Waals surface area contributed by atoms with E-state index in [9.17, 15) is 22.8 Å². The maximum atomic E-state index is 12.1. The predicted molar refractivity (Wildman–Crippen MR) is 44.9 cm³/mol. The molecule has 86 valence electrons. The zero-order valence-electron chi connectivity index (χ0n) is 8.10. The lowest BCUT2D eigenvalue weighted by Gasteiger charge is -2.34. The van der Waals surface area contributed by atoms with Crippen molar-refractivity contribution >= 4 is 11.8 Å². The molecular formula is C8H11F3N2O2. The van der Waals surface area contributed by atoms with Crippen LogP contribution < -0.4 is 5.32 Å². The monoisotopic (exact) mass is 224 g/mol. The predicted octanol–water partition coefficient (Wildman–Crippen LogP) is 0.286. The van der Waals surface area contributed by atoms with Gasteiger partial charge in [0.05, 0.1) is 0 Å². The lowest BCUT2D eigenvalue weighted by molar-refractivity contribution is -0.189. The smallest absolute Gasteiger partial charge is 0.353 e. The maximum Gasteiger partial charge on any atom is 0.471 e. The first-order valence-electron chi connectivity index (χ1n) is 4.53. The molecule has 0 aromatic heterocycles. The van der Waals surface area contributed by atoms with Gasteiger partial charge in [-0.3, -0.25) is 9.59 Å². The SMILES string of the molecule is CCC1C(=O)NCCN1C(=O)C(F)(F)F. The highest BCUT2D eigenvalue weighted by molar-refractivity contribution is 5.90. The molecule has 1 aliphatic heterocycles. The Kier molecular flexibility index (Phi) is 3.21. The molecule has 0 bridgehead atoms. The van der Waals surface area contributed by atoms with E-state index in [0.717, 1.165) is 0 Å². The molecule has 0 radical (unpaired) electrons. The first-order chi connectivity index (χ1) is 6.88. The molecule has 4 nitrogen and oxygen atoms in total. The van der Waals surface area contributed by atoms with Gasteiger partial charge in [0.2, 0.25) is 5.91 Å². The standard InChI is InChI=1S/C8H11F3N2O2/c1-2-5-6(14)12-3-4-13(5)7(15)8(9,10)11/h5H,2-4H2,1H3,(H,12,14). The number of hydrogen-bond acceptors (Lipinski definition) is 2. The topological polar surface area (TPSA) is 49.4 Å². The summed E-state index contributed by atoms with van der Waals surface area (Å²) in [6.45, 7) is 1.53. The number of rotatable bonds is 1. The first kappa shape index (κ1) is 11.8. The van der Waals surface area contributed by atoms with E-state index < -0.39 is 24.0 Å². The molecule has 1 rings (SSSR count).